The fourth-order valence-corrected chi connectivity index (χ4v) is 1.91. The Morgan fingerprint density at radius 1 is 1.55 bits per heavy atom. The maximum Gasteiger partial charge on any atom is 0.335 e. The van der Waals surface area contributed by atoms with Gasteiger partial charge in [0.2, 0.25) is 5.91 Å². The van der Waals surface area contributed by atoms with Crippen LogP contribution in [0.4, 0.5) is 5.69 Å². The van der Waals surface area contributed by atoms with Crippen LogP contribution in [0.25, 0.3) is 0 Å². The third-order valence-electron chi connectivity index (χ3n) is 2.93. The first-order valence-electron chi connectivity index (χ1n) is 5.91. The van der Waals surface area contributed by atoms with Gasteiger partial charge in [0, 0.05) is 18.6 Å². The molecule has 1 unspecified atom stereocenters. The predicted molar refractivity (Wildman–Crippen MR) is 66.7 cm³/mol. The number of nitrogens with one attached hydrogen (secondary N) is 1. The second-order valence-corrected chi connectivity index (χ2v) is 4.36. The molecule has 106 valence electrons. The Morgan fingerprint density at radius 2 is 2.30 bits per heavy atom. The lowest BCUT2D eigenvalue weighted by molar-refractivity contribution is -0.385. The Labute approximate surface area is 113 Å². The minimum Gasteiger partial charge on any atom is -0.485 e. The number of nitro benzene ring substituents is 1. The summed E-state index contributed by atoms with van der Waals surface area (Å²) in [4.78, 5) is 32.1. The zero-order chi connectivity index (χ0) is 14.7. The van der Waals surface area contributed by atoms with E-state index in [-0.39, 0.29) is 35.6 Å². The van der Waals surface area contributed by atoms with Crippen molar-refractivity contribution in [3.8, 4) is 5.75 Å². The predicted octanol–water partition coefficient (Wildman–Crippen LogP) is 0.950. The molecule has 1 aromatic rings. The monoisotopic (exact) mass is 280 g/mol. The number of nitro groups is 1. The van der Waals surface area contributed by atoms with Gasteiger partial charge < -0.3 is 15.2 Å². The zero-order valence-corrected chi connectivity index (χ0v) is 10.4. The number of carbonyl (C=O) groups is 2. The molecule has 0 bridgehead atoms. The van der Waals surface area contributed by atoms with Crippen molar-refractivity contribution in [1.29, 1.82) is 0 Å². The number of amides is 1. The van der Waals surface area contributed by atoms with Crippen molar-refractivity contribution in [1.82, 2.24) is 5.32 Å². The summed E-state index contributed by atoms with van der Waals surface area (Å²) in [5.41, 5.74) is -0.402. The van der Waals surface area contributed by atoms with Gasteiger partial charge in [-0.2, -0.15) is 0 Å². The summed E-state index contributed by atoms with van der Waals surface area (Å²) in [7, 11) is 0. The van der Waals surface area contributed by atoms with Crippen LogP contribution in [-0.2, 0) is 4.79 Å². The number of nitrogens with zero attached hydrogens (tertiary/aromatic N) is 1. The Bertz CT molecular complexity index is 571. The van der Waals surface area contributed by atoms with Crippen LogP contribution in [0.1, 0.15) is 23.2 Å². The molecule has 1 heterocycles. The quantitative estimate of drug-likeness (QED) is 0.612. The number of carboxylic acids is 1. The summed E-state index contributed by atoms with van der Waals surface area (Å²) in [5.74, 6) is -1.40. The number of ether oxygens (including phenoxy) is 1. The van der Waals surface area contributed by atoms with E-state index in [9.17, 15) is 19.7 Å². The summed E-state index contributed by atoms with van der Waals surface area (Å²) in [6, 6.07) is 3.13. The lowest BCUT2D eigenvalue weighted by atomic mass is 10.2. The number of aromatic carboxylic acids is 1. The molecule has 0 spiro atoms. The second-order valence-electron chi connectivity index (χ2n) is 4.36. The highest BCUT2D eigenvalue weighted by Gasteiger charge is 2.23. The summed E-state index contributed by atoms with van der Waals surface area (Å²) in [6.45, 7) is 0.0651. The van der Waals surface area contributed by atoms with Gasteiger partial charge >= 0.3 is 11.7 Å². The van der Waals surface area contributed by atoms with E-state index in [1.54, 1.807) is 0 Å². The molecule has 1 aliphatic heterocycles. The molecule has 2 N–H and O–H groups in total. The van der Waals surface area contributed by atoms with Gasteiger partial charge in [-0.15, -0.1) is 0 Å². The van der Waals surface area contributed by atoms with Gasteiger partial charge in [-0.3, -0.25) is 14.9 Å². The number of hydrogen-bond acceptors (Lipinski definition) is 5. The molecular formula is C12H12N2O6. The number of benzene rings is 1. The van der Waals surface area contributed by atoms with Crippen molar-refractivity contribution in [3.05, 3.63) is 33.9 Å². The van der Waals surface area contributed by atoms with Crippen molar-refractivity contribution in [3.63, 3.8) is 0 Å². The highest BCUT2D eigenvalue weighted by molar-refractivity contribution is 5.88. The maximum atomic E-state index is 11.0. The topological polar surface area (TPSA) is 119 Å². The van der Waals surface area contributed by atoms with Crippen LogP contribution in [0, 0.1) is 10.1 Å². The van der Waals surface area contributed by atoms with E-state index in [1.807, 2.05) is 0 Å². The number of carboxylic acid groups (broad SMARTS) is 1. The van der Waals surface area contributed by atoms with Gasteiger partial charge in [0.05, 0.1) is 16.5 Å². The van der Waals surface area contributed by atoms with E-state index < -0.39 is 10.9 Å². The van der Waals surface area contributed by atoms with Gasteiger partial charge in [0.25, 0.3) is 0 Å². The van der Waals surface area contributed by atoms with Crippen LogP contribution in [0.3, 0.4) is 0 Å². The van der Waals surface area contributed by atoms with Crippen molar-refractivity contribution in [2.75, 3.05) is 6.61 Å². The first-order chi connectivity index (χ1) is 9.47. The Morgan fingerprint density at radius 3 is 2.85 bits per heavy atom. The van der Waals surface area contributed by atoms with Crippen LogP contribution >= 0.6 is 0 Å². The van der Waals surface area contributed by atoms with Gasteiger partial charge in [0.1, 0.15) is 6.61 Å². The van der Waals surface area contributed by atoms with E-state index in [0.717, 1.165) is 18.2 Å². The Hall–Kier alpha value is -2.64. The fraction of sp³-hybridized carbons (Fsp3) is 0.333. The van der Waals surface area contributed by atoms with Gasteiger partial charge in [-0.25, -0.2) is 4.79 Å². The van der Waals surface area contributed by atoms with Gasteiger partial charge in [-0.1, -0.05) is 0 Å². The number of hydrogen-bond donors (Lipinski definition) is 2. The highest BCUT2D eigenvalue weighted by atomic mass is 16.6. The van der Waals surface area contributed by atoms with E-state index >= 15 is 0 Å². The third kappa shape index (κ3) is 3.02. The van der Waals surface area contributed by atoms with Crippen molar-refractivity contribution in [2.24, 2.45) is 0 Å². The zero-order valence-electron chi connectivity index (χ0n) is 10.4. The Kier molecular flexibility index (Phi) is 3.83. The van der Waals surface area contributed by atoms with E-state index in [0.29, 0.717) is 12.8 Å². The Balaban J connectivity index is 2.15. The second kappa shape index (κ2) is 5.55. The molecule has 0 aliphatic carbocycles. The van der Waals surface area contributed by atoms with Gasteiger partial charge in [-0.05, 0) is 12.5 Å². The number of carbonyl (C=O) groups excluding carboxylic acids is 1. The highest BCUT2D eigenvalue weighted by Crippen LogP contribution is 2.28. The number of rotatable bonds is 5. The molecule has 0 saturated carbocycles. The van der Waals surface area contributed by atoms with Crippen molar-refractivity contribution < 1.29 is 24.4 Å². The molecule has 0 radical (unpaired) electrons. The maximum absolute atomic E-state index is 11.0. The summed E-state index contributed by atoms with van der Waals surface area (Å²) in [5, 5.41) is 22.4. The van der Waals surface area contributed by atoms with Crippen LogP contribution in [0.5, 0.6) is 5.75 Å². The van der Waals surface area contributed by atoms with Crippen LogP contribution in [-0.4, -0.2) is 34.6 Å². The minimum absolute atomic E-state index is 0.0651. The summed E-state index contributed by atoms with van der Waals surface area (Å²) in [6.07, 6.45) is 0.983. The minimum atomic E-state index is -1.20. The first-order valence-corrected chi connectivity index (χ1v) is 5.91. The van der Waals surface area contributed by atoms with Crippen molar-refractivity contribution >= 4 is 17.6 Å². The van der Waals surface area contributed by atoms with Crippen LogP contribution < -0.4 is 10.1 Å². The average molecular weight is 280 g/mol. The molecule has 1 aromatic carbocycles. The molecule has 8 nitrogen and oxygen atoms in total. The van der Waals surface area contributed by atoms with Crippen LogP contribution in [0.15, 0.2) is 18.2 Å². The molecule has 1 atom stereocenters. The molecule has 8 heteroatoms. The molecule has 1 amide bonds. The van der Waals surface area contributed by atoms with Crippen LogP contribution in [0.2, 0.25) is 0 Å². The largest absolute Gasteiger partial charge is 0.485 e. The van der Waals surface area contributed by atoms with Crippen molar-refractivity contribution in [2.45, 2.75) is 18.9 Å². The normalized spacial score (nSPS) is 17.6. The summed E-state index contributed by atoms with van der Waals surface area (Å²) < 4.78 is 5.30. The molecular weight excluding hydrogens is 268 g/mol. The summed E-state index contributed by atoms with van der Waals surface area (Å²) >= 11 is 0. The lowest BCUT2D eigenvalue weighted by Crippen LogP contribution is -2.31. The molecule has 2 rings (SSSR count). The molecule has 1 saturated heterocycles. The fourth-order valence-electron chi connectivity index (χ4n) is 1.91. The molecule has 0 aromatic heterocycles. The lowest BCUT2D eigenvalue weighted by Gasteiger charge is -2.12. The SMILES string of the molecule is O=C1CCC(COc2cc(C(=O)O)ccc2[N+](=O)[O-])N1. The van der Waals surface area contributed by atoms with Gasteiger partial charge in [0.15, 0.2) is 5.75 Å². The standard InChI is InChI=1S/C12H12N2O6/c15-11-4-2-8(13-11)6-20-10-5-7(12(16)17)1-3-9(10)14(18)19/h1,3,5,8H,2,4,6H2,(H,13,15)(H,16,17). The van der Waals surface area contributed by atoms with E-state index in [2.05, 4.69) is 5.32 Å². The van der Waals surface area contributed by atoms with E-state index in [1.165, 1.54) is 0 Å². The average Bonchev–Trinajstić information content (AvgIpc) is 2.81. The third-order valence-corrected chi connectivity index (χ3v) is 2.93. The first kappa shape index (κ1) is 13.8. The molecule has 1 fully saturated rings. The smallest absolute Gasteiger partial charge is 0.335 e. The van der Waals surface area contributed by atoms with E-state index in [4.69, 9.17) is 9.84 Å². The molecule has 20 heavy (non-hydrogen) atoms. The molecule has 1 aliphatic rings.